The van der Waals surface area contributed by atoms with Crippen LogP contribution in [0.15, 0.2) is 30.9 Å². The van der Waals surface area contributed by atoms with Gasteiger partial charge in [0, 0.05) is 6.92 Å². The monoisotopic (exact) mass is 221 g/mol. The van der Waals surface area contributed by atoms with Gasteiger partial charge in [0.2, 0.25) is 5.91 Å². The fraction of sp³-hybridized carbons (Fsp3) is 0.250. The number of carbonyl (C=O) groups is 1. The normalized spacial score (nSPS) is 11.6. The van der Waals surface area contributed by atoms with Crippen molar-refractivity contribution in [2.45, 2.75) is 13.0 Å². The van der Waals surface area contributed by atoms with E-state index in [2.05, 4.69) is 11.9 Å². The highest BCUT2D eigenvalue weighted by Gasteiger charge is 2.11. The minimum absolute atomic E-state index is 0.0391. The Kier molecular flexibility index (Phi) is 3.94. The van der Waals surface area contributed by atoms with Crippen molar-refractivity contribution in [3.8, 4) is 11.5 Å². The van der Waals surface area contributed by atoms with Crippen LogP contribution in [-0.4, -0.2) is 18.1 Å². The van der Waals surface area contributed by atoms with Gasteiger partial charge in [0.25, 0.3) is 0 Å². The first-order valence-electron chi connectivity index (χ1n) is 4.85. The summed E-state index contributed by atoms with van der Waals surface area (Å²) in [6, 6.07) is 4.64. The standard InChI is InChI=1S/C12H15NO3/c1-4-10(13-8(2)14)9-5-6-12(16-3)11(15)7-9/h4-7,10,15H,1H2,2-3H3,(H,13,14)/t10-/m0/s1. The van der Waals surface area contributed by atoms with Crippen LogP contribution in [-0.2, 0) is 4.79 Å². The van der Waals surface area contributed by atoms with Gasteiger partial charge in [-0.15, -0.1) is 6.58 Å². The lowest BCUT2D eigenvalue weighted by Crippen LogP contribution is -2.24. The minimum Gasteiger partial charge on any atom is -0.504 e. The summed E-state index contributed by atoms with van der Waals surface area (Å²) >= 11 is 0. The zero-order chi connectivity index (χ0) is 12.1. The van der Waals surface area contributed by atoms with E-state index in [1.54, 1.807) is 24.3 Å². The zero-order valence-corrected chi connectivity index (χ0v) is 9.36. The van der Waals surface area contributed by atoms with Crippen molar-refractivity contribution in [2.24, 2.45) is 0 Å². The molecule has 1 rings (SSSR count). The molecule has 2 N–H and O–H groups in total. The maximum absolute atomic E-state index is 10.9. The molecule has 0 saturated heterocycles. The molecule has 1 amide bonds. The summed E-state index contributed by atoms with van der Waals surface area (Å²) in [7, 11) is 1.48. The van der Waals surface area contributed by atoms with Crippen molar-refractivity contribution in [1.29, 1.82) is 0 Å². The molecular formula is C12H15NO3. The number of aromatic hydroxyl groups is 1. The van der Waals surface area contributed by atoms with E-state index in [0.717, 1.165) is 5.56 Å². The number of hydrogen-bond donors (Lipinski definition) is 2. The number of hydrogen-bond acceptors (Lipinski definition) is 3. The highest BCUT2D eigenvalue weighted by molar-refractivity contribution is 5.73. The molecule has 86 valence electrons. The van der Waals surface area contributed by atoms with E-state index in [0.29, 0.717) is 5.75 Å². The van der Waals surface area contributed by atoms with Gasteiger partial charge in [-0.3, -0.25) is 4.79 Å². The molecule has 16 heavy (non-hydrogen) atoms. The molecule has 0 aliphatic heterocycles. The van der Waals surface area contributed by atoms with Gasteiger partial charge in [-0.2, -0.15) is 0 Å². The minimum atomic E-state index is -0.311. The van der Waals surface area contributed by atoms with Crippen LogP contribution in [0.3, 0.4) is 0 Å². The Morgan fingerprint density at radius 2 is 2.31 bits per heavy atom. The number of phenols is 1. The first-order chi connectivity index (χ1) is 7.58. The van der Waals surface area contributed by atoms with Gasteiger partial charge in [-0.25, -0.2) is 0 Å². The lowest BCUT2D eigenvalue weighted by Gasteiger charge is -2.15. The lowest BCUT2D eigenvalue weighted by atomic mass is 10.1. The Morgan fingerprint density at radius 3 is 2.75 bits per heavy atom. The number of amides is 1. The summed E-state index contributed by atoms with van der Waals surface area (Å²) < 4.78 is 4.93. The van der Waals surface area contributed by atoms with Gasteiger partial charge in [-0.1, -0.05) is 12.1 Å². The molecule has 0 unspecified atom stereocenters. The van der Waals surface area contributed by atoms with E-state index in [4.69, 9.17) is 4.74 Å². The summed E-state index contributed by atoms with van der Waals surface area (Å²) in [5, 5.41) is 12.3. The first kappa shape index (κ1) is 12.1. The van der Waals surface area contributed by atoms with E-state index >= 15 is 0 Å². The molecule has 0 spiro atoms. The maximum atomic E-state index is 10.9. The molecule has 0 heterocycles. The van der Waals surface area contributed by atoms with Gasteiger partial charge < -0.3 is 15.2 Å². The number of nitrogens with one attached hydrogen (secondary N) is 1. The van der Waals surface area contributed by atoms with Crippen LogP contribution in [0.4, 0.5) is 0 Å². The quantitative estimate of drug-likeness (QED) is 0.762. The molecule has 1 atom stereocenters. The maximum Gasteiger partial charge on any atom is 0.217 e. The Balaban J connectivity index is 2.98. The number of benzene rings is 1. The van der Waals surface area contributed by atoms with Gasteiger partial charge in [-0.05, 0) is 17.7 Å². The number of rotatable bonds is 4. The predicted octanol–water partition coefficient (Wildman–Crippen LogP) is 1.76. The van der Waals surface area contributed by atoms with Crippen LogP contribution in [0.5, 0.6) is 11.5 Å². The van der Waals surface area contributed by atoms with Crippen molar-refractivity contribution >= 4 is 5.91 Å². The van der Waals surface area contributed by atoms with Crippen molar-refractivity contribution in [1.82, 2.24) is 5.32 Å². The molecule has 0 aliphatic carbocycles. The molecule has 0 radical (unpaired) electrons. The van der Waals surface area contributed by atoms with Gasteiger partial charge >= 0.3 is 0 Å². The van der Waals surface area contributed by atoms with Gasteiger partial charge in [0.1, 0.15) is 0 Å². The van der Waals surface area contributed by atoms with Crippen LogP contribution in [0.2, 0.25) is 0 Å². The smallest absolute Gasteiger partial charge is 0.217 e. The van der Waals surface area contributed by atoms with E-state index < -0.39 is 0 Å². The zero-order valence-electron chi connectivity index (χ0n) is 9.36. The average molecular weight is 221 g/mol. The topological polar surface area (TPSA) is 58.6 Å². The first-order valence-corrected chi connectivity index (χ1v) is 4.85. The van der Waals surface area contributed by atoms with Crippen molar-refractivity contribution in [3.05, 3.63) is 36.4 Å². The number of methoxy groups -OCH3 is 1. The Hall–Kier alpha value is -1.97. The van der Waals surface area contributed by atoms with Crippen LogP contribution in [0, 0.1) is 0 Å². The summed E-state index contributed by atoms with van der Waals surface area (Å²) in [5.74, 6) is 0.284. The second-order valence-electron chi connectivity index (χ2n) is 3.35. The molecule has 1 aromatic carbocycles. The van der Waals surface area contributed by atoms with Crippen LogP contribution < -0.4 is 10.1 Å². The summed E-state index contributed by atoms with van der Waals surface area (Å²) in [5.41, 5.74) is 0.753. The van der Waals surface area contributed by atoms with Crippen LogP contribution >= 0.6 is 0 Å². The van der Waals surface area contributed by atoms with Gasteiger partial charge in [0.05, 0.1) is 13.2 Å². The molecule has 0 bridgehead atoms. The number of ether oxygens (including phenoxy) is 1. The fourth-order valence-corrected chi connectivity index (χ4v) is 1.40. The molecule has 0 fully saturated rings. The highest BCUT2D eigenvalue weighted by atomic mass is 16.5. The van der Waals surface area contributed by atoms with Crippen LogP contribution in [0.25, 0.3) is 0 Å². The summed E-state index contributed by atoms with van der Waals surface area (Å²) in [6.45, 7) is 5.07. The summed E-state index contributed by atoms with van der Waals surface area (Å²) in [4.78, 5) is 10.9. The Labute approximate surface area is 94.6 Å². The molecular weight excluding hydrogens is 206 g/mol. The number of carbonyl (C=O) groups excluding carboxylic acids is 1. The van der Waals surface area contributed by atoms with E-state index in [1.165, 1.54) is 14.0 Å². The molecule has 0 aromatic heterocycles. The Morgan fingerprint density at radius 1 is 1.62 bits per heavy atom. The molecule has 4 heteroatoms. The largest absolute Gasteiger partial charge is 0.504 e. The molecule has 4 nitrogen and oxygen atoms in total. The third-order valence-corrected chi connectivity index (χ3v) is 2.16. The van der Waals surface area contributed by atoms with Gasteiger partial charge in [0.15, 0.2) is 11.5 Å². The average Bonchev–Trinajstić information content (AvgIpc) is 2.25. The van der Waals surface area contributed by atoms with Crippen molar-refractivity contribution in [3.63, 3.8) is 0 Å². The molecule has 0 saturated carbocycles. The van der Waals surface area contributed by atoms with E-state index in [9.17, 15) is 9.90 Å². The second-order valence-corrected chi connectivity index (χ2v) is 3.35. The lowest BCUT2D eigenvalue weighted by molar-refractivity contribution is -0.119. The molecule has 0 aliphatic rings. The van der Waals surface area contributed by atoms with Crippen molar-refractivity contribution < 1.29 is 14.6 Å². The second kappa shape index (κ2) is 5.21. The van der Waals surface area contributed by atoms with Crippen LogP contribution in [0.1, 0.15) is 18.5 Å². The van der Waals surface area contributed by atoms with E-state index in [1.807, 2.05) is 0 Å². The third kappa shape index (κ3) is 2.76. The molecule has 1 aromatic rings. The third-order valence-electron chi connectivity index (χ3n) is 2.16. The Bertz CT molecular complexity index is 401. The fourth-order valence-electron chi connectivity index (χ4n) is 1.40. The van der Waals surface area contributed by atoms with Crippen molar-refractivity contribution in [2.75, 3.05) is 7.11 Å². The predicted molar refractivity (Wildman–Crippen MR) is 61.4 cm³/mol. The number of phenolic OH excluding ortho intramolecular Hbond substituents is 1. The summed E-state index contributed by atoms with van der Waals surface area (Å²) in [6.07, 6.45) is 1.60. The van der Waals surface area contributed by atoms with E-state index in [-0.39, 0.29) is 17.7 Å². The highest BCUT2D eigenvalue weighted by Crippen LogP contribution is 2.29. The SMILES string of the molecule is C=C[C@H](NC(C)=O)c1ccc(OC)c(O)c1.